The molecule has 1 saturated heterocycles. The van der Waals surface area contributed by atoms with Gasteiger partial charge in [-0.05, 0) is 55.0 Å². The van der Waals surface area contributed by atoms with Crippen molar-refractivity contribution in [1.82, 2.24) is 15.2 Å². The van der Waals surface area contributed by atoms with Crippen LogP contribution in [0.4, 0.5) is 0 Å². The number of para-hydroxylation sites is 1. The number of rotatable bonds is 4. The second kappa shape index (κ2) is 9.02. The van der Waals surface area contributed by atoms with Crippen molar-refractivity contribution < 1.29 is 9.59 Å². The van der Waals surface area contributed by atoms with Crippen LogP contribution in [0.25, 0.3) is 10.2 Å². The van der Waals surface area contributed by atoms with E-state index in [0.717, 1.165) is 29.9 Å². The van der Waals surface area contributed by atoms with Crippen molar-refractivity contribution in [3.8, 4) is 0 Å². The highest BCUT2D eigenvalue weighted by molar-refractivity contribution is 7.18. The molecule has 0 saturated carbocycles. The minimum Gasteiger partial charge on any atom is -0.341 e. The van der Waals surface area contributed by atoms with Gasteiger partial charge in [0.2, 0.25) is 5.91 Å². The summed E-state index contributed by atoms with van der Waals surface area (Å²) in [5, 5.41) is 3.98. The van der Waals surface area contributed by atoms with Gasteiger partial charge < -0.3 is 10.2 Å². The normalized spacial score (nSPS) is 17.9. The minimum absolute atomic E-state index is 0.0320. The molecule has 0 bridgehead atoms. The van der Waals surface area contributed by atoms with Crippen LogP contribution < -0.4 is 5.32 Å². The quantitative estimate of drug-likeness (QED) is 0.601. The lowest BCUT2D eigenvalue weighted by atomic mass is 9.86. The Morgan fingerprint density at radius 1 is 1.12 bits per heavy atom. The lowest BCUT2D eigenvalue weighted by Crippen LogP contribution is -2.49. The Balaban J connectivity index is 1.39. The molecule has 3 aromatic rings. The molecular formula is C26H31N3O2S. The van der Waals surface area contributed by atoms with E-state index < -0.39 is 6.04 Å². The molecule has 1 aromatic heterocycles. The van der Waals surface area contributed by atoms with Gasteiger partial charge in [0.25, 0.3) is 5.91 Å². The van der Waals surface area contributed by atoms with Crippen LogP contribution >= 0.6 is 11.3 Å². The zero-order valence-corrected chi connectivity index (χ0v) is 20.0. The first-order valence-electron chi connectivity index (χ1n) is 11.3. The molecule has 0 radical (unpaired) electrons. The molecule has 32 heavy (non-hydrogen) atoms. The molecule has 0 aliphatic carbocycles. The maximum absolute atomic E-state index is 13.1. The second-order valence-corrected chi connectivity index (χ2v) is 10.7. The summed E-state index contributed by atoms with van der Waals surface area (Å²) in [6.07, 6.45) is 1.98. The molecule has 4 rings (SSSR count). The second-order valence-electron chi connectivity index (χ2n) is 9.67. The average molecular weight is 450 g/mol. The van der Waals surface area contributed by atoms with Crippen molar-refractivity contribution in [3.63, 3.8) is 0 Å². The maximum atomic E-state index is 13.1. The zero-order chi connectivity index (χ0) is 22.9. The lowest BCUT2D eigenvalue weighted by Gasteiger charge is -2.33. The van der Waals surface area contributed by atoms with Crippen LogP contribution in [0.2, 0.25) is 0 Å². The Morgan fingerprint density at radius 3 is 2.53 bits per heavy atom. The van der Waals surface area contributed by atoms with E-state index in [4.69, 9.17) is 4.98 Å². The standard InChI is InChI=1S/C26H31N3O2S/c1-17(27-23(30)18-11-13-20(14-12-18)26(2,3)4)25(31)29-15-7-8-19(16-29)24-28-21-9-5-6-10-22(21)32-24/h5-6,9-14,17,19H,7-8,15-16H2,1-4H3,(H,27,30)/t17-,19-/m0/s1. The fourth-order valence-electron chi connectivity index (χ4n) is 4.18. The predicted octanol–water partition coefficient (Wildman–Crippen LogP) is 5.12. The van der Waals surface area contributed by atoms with Gasteiger partial charge in [-0.3, -0.25) is 9.59 Å². The fraction of sp³-hybridized carbons (Fsp3) is 0.423. The van der Waals surface area contributed by atoms with Crippen molar-refractivity contribution in [2.75, 3.05) is 13.1 Å². The van der Waals surface area contributed by atoms with Crippen molar-refractivity contribution in [2.24, 2.45) is 0 Å². The molecule has 2 aromatic carbocycles. The maximum Gasteiger partial charge on any atom is 0.251 e. The number of hydrogen-bond acceptors (Lipinski definition) is 4. The molecule has 6 heteroatoms. The van der Waals surface area contributed by atoms with Gasteiger partial charge in [-0.2, -0.15) is 0 Å². The number of nitrogens with zero attached hydrogens (tertiary/aromatic N) is 2. The molecule has 1 aliphatic heterocycles. The number of thiazole rings is 1. The van der Waals surface area contributed by atoms with Crippen LogP contribution in [0.1, 0.15) is 67.4 Å². The van der Waals surface area contributed by atoms with Crippen molar-refractivity contribution in [1.29, 1.82) is 0 Å². The van der Waals surface area contributed by atoms with Crippen molar-refractivity contribution in [3.05, 3.63) is 64.7 Å². The Bertz CT molecular complexity index is 1080. The van der Waals surface area contributed by atoms with Crippen LogP contribution in [-0.2, 0) is 10.2 Å². The van der Waals surface area contributed by atoms with E-state index in [1.165, 1.54) is 10.3 Å². The van der Waals surface area contributed by atoms with Crippen LogP contribution in [0, 0.1) is 0 Å². The Kier molecular flexibility index (Phi) is 6.33. The van der Waals surface area contributed by atoms with Crippen molar-refractivity contribution >= 4 is 33.4 Å². The summed E-state index contributed by atoms with van der Waals surface area (Å²) < 4.78 is 1.18. The molecule has 2 heterocycles. The van der Waals surface area contributed by atoms with E-state index in [1.807, 2.05) is 47.4 Å². The predicted molar refractivity (Wildman–Crippen MR) is 130 cm³/mol. The number of amides is 2. The zero-order valence-electron chi connectivity index (χ0n) is 19.2. The van der Waals surface area contributed by atoms with Crippen LogP contribution in [0.15, 0.2) is 48.5 Å². The summed E-state index contributed by atoms with van der Waals surface area (Å²) in [6.45, 7) is 9.57. The first kappa shape index (κ1) is 22.5. The Morgan fingerprint density at radius 2 is 1.84 bits per heavy atom. The number of likely N-dealkylation sites (tertiary alicyclic amines) is 1. The van der Waals surface area contributed by atoms with E-state index in [2.05, 4.69) is 32.2 Å². The van der Waals surface area contributed by atoms with Gasteiger partial charge >= 0.3 is 0 Å². The number of carbonyl (C=O) groups is 2. The number of aromatic nitrogens is 1. The van der Waals surface area contributed by atoms with E-state index in [0.29, 0.717) is 12.1 Å². The van der Waals surface area contributed by atoms with Crippen LogP contribution in [-0.4, -0.2) is 40.8 Å². The summed E-state index contributed by atoms with van der Waals surface area (Å²) in [5.74, 6) is -0.000501. The highest BCUT2D eigenvalue weighted by Crippen LogP contribution is 2.33. The molecular weight excluding hydrogens is 418 g/mol. The molecule has 2 atom stereocenters. The largest absolute Gasteiger partial charge is 0.341 e. The first-order chi connectivity index (χ1) is 15.2. The Hall–Kier alpha value is -2.73. The first-order valence-corrected chi connectivity index (χ1v) is 12.1. The van der Waals surface area contributed by atoms with E-state index in [-0.39, 0.29) is 23.1 Å². The number of piperidine rings is 1. The third-order valence-electron chi connectivity index (χ3n) is 6.12. The smallest absolute Gasteiger partial charge is 0.251 e. The molecule has 2 amide bonds. The van der Waals surface area contributed by atoms with Gasteiger partial charge in [0.15, 0.2) is 0 Å². The van der Waals surface area contributed by atoms with Gasteiger partial charge in [-0.1, -0.05) is 45.0 Å². The highest BCUT2D eigenvalue weighted by atomic mass is 32.1. The topological polar surface area (TPSA) is 62.3 Å². The van der Waals surface area contributed by atoms with E-state index in [1.54, 1.807) is 18.3 Å². The summed E-state index contributed by atoms with van der Waals surface area (Å²) in [7, 11) is 0. The van der Waals surface area contributed by atoms with Gasteiger partial charge in [0, 0.05) is 24.6 Å². The third kappa shape index (κ3) is 4.85. The van der Waals surface area contributed by atoms with E-state index >= 15 is 0 Å². The number of benzene rings is 2. The molecule has 168 valence electrons. The fourth-order valence-corrected chi connectivity index (χ4v) is 5.27. The molecule has 0 spiro atoms. The summed E-state index contributed by atoms with van der Waals surface area (Å²) in [5.41, 5.74) is 2.80. The summed E-state index contributed by atoms with van der Waals surface area (Å²) in [4.78, 5) is 32.5. The SMILES string of the molecule is C[C@H](NC(=O)c1ccc(C(C)(C)C)cc1)C(=O)N1CCC[C@H](c2nc3ccccc3s2)C1. The number of fused-ring (bicyclic) bond motifs is 1. The lowest BCUT2D eigenvalue weighted by molar-refractivity contribution is -0.134. The van der Waals surface area contributed by atoms with Crippen LogP contribution in [0.5, 0.6) is 0 Å². The molecule has 1 fully saturated rings. The molecule has 1 aliphatic rings. The van der Waals surface area contributed by atoms with Crippen LogP contribution in [0.3, 0.4) is 0 Å². The summed E-state index contributed by atoms with van der Waals surface area (Å²) in [6, 6.07) is 15.2. The van der Waals surface area contributed by atoms with Gasteiger partial charge in [-0.15, -0.1) is 11.3 Å². The highest BCUT2D eigenvalue weighted by Gasteiger charge is 2.30. The Labute approximate surface area is 193 Å². The van der Waals surface area contributed by atoms with Crippen molar-refractivity contribution in [2.45, 2.75) is 57.9 Å². The summed E-state index contributed by atoms with van der Waals surface area (Å²) >= 11 is 1.72. The average Bonchev–Trinajstić information content (AvgIpc) is 3.22. The number of carbonyl (C=O) groups excluding carboxylic acids is 2. The number of nitrogens with one attached hydrogen (secondary N) is 1. The molecule has 1 N–H and O–H groups in total. The minimum atomic E-state index is -0.570. The monoisotopic (exact) mass is 449 g/mol. The van der Waals surface area contributed by atoms with Gasteiger partial charge in [0.05, 0.1) is 15.2 Å². The van der Waals surface area contributed by atoms with E-state index in [9.17, 15) is 9.59 Å². The molecule has 0 unspecified atom stereocenters. The van der Waals surface area contributed by atoms with Gasteiger partial charge in [-0.25, -0.2) is 4.98 Å². The third-order valence-corrected chi connectivity index (χ3v) is 7.32. The molecule has 5 nitrogen and oxygen atoms in total. The van der Waals surface area contributed by atoms with Gasteiger partial charge in [0.1, 0.15) is 6.04 Å². The number of hydrogen-bond donors (Lipinski definition) is 1.